The summed E-state index contributed by atoms with van der Waals surface area (Å²) >= 11 is 0. The van der Waals surface area contributed by atoms with Crippen LogP contribution in [0.3, 0.4) is 0 Å². The van der Waals surface area contributed by atoms with Crippen LogP contribution in [0.5, 0.6) is 0 Å². The topological polar surface area (TPSA) is 76.7 Å². The van der Waals surface area contributed by atoms with Gasteiger partial charge in [-0.3, -0.25) is 0 Å². The van der Waals surface area contributed by atoms with Gasteiger partial charge in [-0.05, 0) is 24.7 Å². The van der Waals surface area contributed by atoms with Gasteiger partial charge in [-0.1, -0.05) is 12.1 Å². The van der Waals surface area contributed by atoms with Crippen molar-refractivity contribution >= 4 is 10.0 Å². The van der Waals surface area contributed by atoms with Gasteiger partial charge in [-0.15, -0.1) is 0 Å². The average molecular weight is 302 g/mol. The molecule has 0 aliphatic carbocycles. The van der Waals surface area contributed by atoms with Crippen LogP contribution in [0, 0.1) is 0 Å². The van der Waals surface area contributed by atoms with Crippen LogP contribution in [0.4, 0.5) is 0 Å². The van der Waals surface area contributed by atoms with E-state index in [-0.39, 0.29) is 17.5 Å². The average Bonchev–Trinajstić information content (AvgIpc) is 2.44. The predicted molar refractivity (Wildman–Crippen MR) is 77.1 cm³/mol. The first-order chi connectivity index (χ1) is 9.53. The molecule has 0 saturated carbocycles. The van der Waals surface area contributed by atoms with E-state index in [1.807, 2.05) is 7.05 Å². The molecule has 0 radical (unpaired) electrons. The third kappa shape index (κ3) is 5.18. The van der Waals surface area contributed by atoms with Crippen LogP contribution in [-0.4, -0.2) is 48.9 Å². The monoisotopic (exact) mass is 302 g/mol. The van der Waals surface area contributed by atoms with Gasteiger partial charge in [0.2, 0.25) is 10.0 Å². The van der Waals surface area contributed by atoms with Crippen molar-refractivity contribution in [3.05, 3.63) is 29.8 Å². The number of benzene rings is 1. The maximum atomic E-state index is 12.1. The largest absolute Gasteiger partial charge is 0.382 e. The molecular weight excluding hydrogens is 280 g/mol. The lowest BCUT2D eigenvalue weighted by Crippen LogP contribution is -2.35. The van der Waals surface area contributed by atoms with Gasteiger partial charge in [0.05, 0.1) is 17.6 Å². The summed E-state index contributed by atoms with van der Waals surface area (Å²) in [6.45, 7) is 1.21. The second-order valence-electron chi connectivity index (χ2n) is 4.34. The molecule has 2 N–H and O–H groups in total. The van der Waals surface area contributed by atoms with E-state index < -0.39 is 10.0 Å². The van der Waals surface area contributed by atoms with Gasteiger partial charge in [0, 0.05) is 27.3 Å². The molecule has 0 aliphatic heterocycles. The second-order valence-corrected chi connectivity index (χ2v) is 6.11. The third-order valence-electron chi connectivity index (χ3n) is 2.80. The highest BCUT2D eigenvalue weighted by atomic mass is 32.2. The van der Waals surface area contributed by atoms with Gasteiger partial charge in [0.1, 0.15) is 0 Å². The molecule has 0 saturated heterocycles. The van der Waals surface area contributed by atoms with Gasteiger partial charge in [-0.25, -0.2) is 13.1 Å². The fraction of sp³-hybridized carbons (Fsp3) is 0.538. The van der Waals surface area contributed by atoms with Crippen molar-refractivity contribution in [2.75, 3.05) is 34.4 Å². The zero-order chi connectivity index (χ0) is 15.0. The lowest BCUT2D eigenvalue weighted by Gasteiger charge is -2.15. The van der Waals surface area contributed by atoms with E-state index in [9.17, 15) is 8.42 Å². The van der Waals surface area contributed by atoms with Crippen molar-refractivity contribution in [2.24, 2.45) is 0 Å². The first-order valence-corrected chi connectivity index (χ1v) is 7.76. The number of sulfonamides is 1. The van der Waals surface area contributed by atoms with E-state index in [1.165, 1.54) is 7.11 Å². The number of ether oxygens (including phenoxy) is 2. The summed E-state index contributed by atoms with van der Waals surface area (Å²) in [7, 11) is 1.38. The van der Waals surface area contributed by atoms with E-state index in [1.54, 1.807) is 31.4 Å². The number of methoxy groups -OCH3 is 2. The first kappa shape index (κ1) is 17.1. The third-order valence-corrected chi connectivity index (χ3v) is 4.24. The minimum atomic E-state index is -3.52. The highest BCUT2D eigenvalue weighted by molar-refractivity contribution is 7.89. The van der Waals surface area contributed by atoms with E-state index in [0.29, 0.717) is 13.2 Å². The molecule has 20 heavy (non-hydrogen) atoms. The number of hydrogen-bond acceptors (Lipinski definition) is 5. The van der Waals surface area contributed by atoms with Crippen molar-refractivity contribution in [3.63, 3.8) is 0 Å². The van der Waals surface area contributed by atoms with E-state index in [4.69, 9.17) is 9.47 Å². The van der Waals surface area contributed by atoms with Gasteiger partial charge in [0.15, 0.2) is 0 Å². The maximum absolute atomic E-state index is 12.1. The molecule has 0 bridgehead atoms. The van der Waals surface area contributed by atoms with Crippen molar-refractivity contribution in [2.45, 2.75) is 17.5 Å². The van der Waals surface area contributed by atoms with E-state index in [0.717, 1.165) is 5.56 Å². The van der Waals surface area contributed by atoms with Gasteiger partial charge in [-0.2, -0.15) is 0 Å². The summed E-state index contributed by atoms with van der Waals surface area (Å²) in [6, 6.07) is 6.75. The molecule has 0 heterocycles. The van der Waals surface area contributed by atoms with E-state index >= 15 is 0 Å². The second kappa shape index (κ2) is 8.33. The van der Waals surface area contributed by atoms with Crippen molar-refractivity contribution < 1.29 is 17.9 Å². The quantitative estimate of drug-likeness (QED) is 0.688. The molecule has 0 aromatic heterocycles. The Kier molecular flexibility index (Phi) is 7.11. The standard InChI is InChI=1S/C13H22N2O4S/c1-14-8-11-4-6-13(7-5-11)20(16,17)15-9-12(19-3)10-18-2/h4-7,12,14-15H,8-10H2,1-3H3. The molecule has 7 heteroatoms. The van der Waals surface area contributed by atoms with Crippen LogP contribution >= 0.6 is 0 Å². The highest BCUT2D eigenvalue weighted by Crippen LogP contribution is 2.10. The summed E-state index contributed by atoms with van der Waals surface area (Å²) in [5.41, 5.74) is 1.03. The zero-order valence-electron chi connectivity index (χ0n) is 12.0. The Bertz CT molecular complexity index is 488. The fourth-order valence-electron chi connectivity index (χ4n) is 1.67. The Morgan fingerprint density at radius 1 is 1.20 bits per heavy atom. The Balaban J connectivity index is 2.68. The maximum Gasteiger partial charge on any atom is 0.240 e. The van der Waals surface area contributed by atoms with Crippen LogP contribution < -0.4 is 10.0 Å². The predicted octanol–water partition coefficient (Wildman–Crippen LogP) is 0.346. The molecule has 0 amide bonds. The number of rotatable bonds is 9. The normalized spacial score (nSPS) is 13.3. The highest BCUT2D eigenvalue weighted by Gasteiger charge is 2.16. The summed E-state index contributed by atoms with van der Waals surface area (Å²) in [5.74, 6) is 0. The van der Waals surface area contributed by atoms with Crippen molar-refractivity contribution in [1.82, 2.24) is 10.0 Å². The molecule has 1 aromatic carbocycles. The SMILES string of the molecule is CNCc1ccc(S(=O)(=O)NCC(COC)OC)cc1. The smallest absolute Gasteiger partial charge is 0.240 e. The molecule has 6 nitrogen and oxygen atoms in total. The lowest BCUT2D eigenvalue weighted by atomic mass is 10.2. The Labute approximate surface area is 120 Å². The minimum Gasteiger partial charge on any atom is -0.382 e. The molecule has 1 unspecified atom stereocenters. The molecule has 1 aromatic rings. The Morgan fingerprint density at radius 2 is 1.85 bits per heavy atom. The first-order valence-electron chi connectivity index (χ1n) is 6.28. The summed E-state index contributed by atoms with van der Waals surface area (Å²) < 4.78 is 36.8. The molecule has 0 aliphatic rings. The minimum absolute atomic E-state index is 0.172. The van der Waals surface area contributed by atoms with Crippen LogP contribution in [0.25, 0.3) is 0 Å². The molecule has 114 valence electrons. The van der Waals surface area contributed by atoms with Crippen molar-refractivity contribution in [1.29, 1.82) is 0 Å². The lowest BCUT2D eigenvalue weighted by molar-refractivity contribution is 0.0320. The number of nitrogens with one attached hydrogen (secondary N) is 2. The van der Waals surface area contributed by atoms with Crippen molar-refractivity contribution in [3.8, 4) is 0 Å². The van der Waals surface area contributed by atoms with Crippen LogP contribution in [0.2, 0.25) is 0 Å². The molecule has 1 atom stereocenters. The van der Waals surface area contributed by atoms with Crippen LogP contribution in [0.15, 0.2) is 29.2 Å². The summed E-state index contributed by atoms with van der Waals surface area (Å²) in [6.07, 6.45) is -0.307. The zero-order valence-corrected chi connectivity index (χ0v) is 12.9. The Hall–Kier alpha value is -0.990. The Morgan fingerprint density at radius 3 is 2.35 bits per heavy atom. The molecule has 0 fully saturated rings. The molecular formula is C13H22N2O4S. The van der Waals surface area contributed by atoms with Crippen LogP contribution in [0.1, 0.15) is 5.56 Å². The van der Waals surface area contributed by atoms with E-state index in [2.05, 4.69) is 10.0 Å². The van der Waals surface area contributed by atoms with Gasteiger partial charge >= 0.3 is 0 Å². The molecule has 0 spiro atoms. The number of hydrogen-bond donors (Lipinski definition) is 2. The summed E-state index contributed by atoms with van der Waals surface area (Å²) in [5, 5.41) is 3.01. The molecule has 1 rings (SSSR count). The van der Waals surface area contributed by atoms with Crippen LogP contribution in [-0.2, 0) is 26.0 Å². The van der Waals surface area contributed by atoms with Gasteiger partial charge in [0.25, 0.3) is 0 Å². The van der Waals surface area contributed by atoms with Gasteiger partial charge < -0.3 is 14.8 Å². The summed E-state index contributed by atoms with van der Waals surface area (Å²) in [4.78, 5) is 0.240. The fourth-order valence-corrected chi connectivity index (χ4v) is 2.74.